The van der Waals surface area contributed by atoms with Crippen LogP contribution in [0.4, 0.5) is 0 Å². The van der Waals surface area contributed by atoms with Gasteiger partial charge in [-0.15, -0.1) is 0 Å². The lowest BCUT2D eigenvalue weighted by molar-refractivity contribution is 0.112. The molecule has 2 aromatic rings. The van der Waals surface area contributed by atoms with Crippen LogP contribution in [0.2, 0.25) is 10.3 Å². The number of ether oxygens (including phenoxy) is 1. The number of nitrogens with zero attached hydrogens (tertiary/aromatic N) is 2. The van der Waals surface area contributed by atoms with E-state index in [9.17, 15) is 0 Å². The maximum absolute atomic E-state index is 6.22. The molecule has 1 aromatic carbocycles. The fourth-order valence-electron chi connectivity index (χ4n) is 1.59. The minimum absolute atomic E-state index is 0.258. The predicted octanol–water partition coefficient (Wildman–Crippen LogP) is 4.92. The Morgan fingerprint density at radius 3 is 2.37 bits per heavy atom. The number of aromatic nitrogens is 2. The van der Waals surface area contributed by atoms with Crippen LogP contribution in [0.5, 0.6) is 0 Å². The molecule has 19 heavy (non-hydrogen) atoms. The number of hydrogen-bond donors (Lipinski definition) is 0. The van der Waals surface area contributed by atoms with E-state index in [2.05, 4.69) is 25.9 Å². The first kappa shape index (κ1) is 14.7. The largest absolute Gasteiger partial charge is 0.374 e. The van der Waals surface area contributed by atoms with Gasteiger partial charge < -0.3 is 4.74 Å². The zero-order chi connectivity index (χ0) is 14.0. The molecule has 2 rings (SSSR count). The second-order valence-corrected chi connectivity index (χ2v) is 5.56. The van der Waals surface area contributed by atoms with Crippen molar-refractivity contribution in [1.29, 1.82) is 0 Å². The molecule has 0 saturated heterocycles. The standard InChI is InChI=1S/C13H11BrCl2N2O/c1-7(19-2)13-17-11(15)10(12(16)18-13)8-4-3-5-9(14)6-8/h3-7H,1-2H3. The molecule has 0 spiro atoms. The molecule has 0 bridgehead atoms. The van der Waals surface area contributed by atoms with E-state index in [4.69, 9.17) is 27.9 Å². The van der Waals surface area contributed by atoms with Crippen LogP contribution >= 0.6 is 39.1 Å². The van der Waals surface area contributed by atoms with Crippen molar-refractivity contribution in [2.45, 2.75) is 13.0 Å². The summed E-state index contributed by atoms with van der Waals surface area (Å²) in [7, 11) is 1.58. The van der Waals surface area contributed by atoms with E-state index in [0.717, 1.165) is 10.0 Å². The van der Waals surface area contributed by atoms with Crippen LogP contribution in [-0.2, 0) is 4.74 Å². The van der Waals surface area contributed by atoms with Gasteiger partial charge in [-0.3, -0.25) is 0 Å². The number of rotatable bonds is 3. The summed E-state index contributed by atoms with van der Waals surface area (Å²) in [6.07, 6.45) is -0.258. The fraction of sp³-hybridized carbons (Fsp3) is 0.231. The van der Waals surface area contributed by atoms with Crippen LogP contribution in [0.15, 0.2) is 28.7 Å². The lowest BCUT2D eigenvalue weighted by Gasteiger charge is -2.12. The summed E-state index contributed by atoms with van der Waals surface area (Å²) in [6.45, 7) is 1.83. The molecule has 6 heteroatoms. The quantitative estimate of drug-likeness (QED) is 0.727. The van der Waals surface area contributed by atoms with Crippen molar-refractivity contribution < 1.29 is 4.74 Å². The first-order valence-corrected chi connectivity index (χ1v) is 7.09. The summed E-state index contributed by atoms with van der Waals surface area (Å²) < 4.78 is 6.10. The molecular formula is C13H11BrCl2N2O. The highest BCUT2D eigenvalue weighted by molar-refractivity contribution is 9.10. The molecule has 0 aliphatic rings. The smallest absolute Gasteiger partial charge is 0.160 e. The summed E-state index contributed by atoms with van der Waals surface area (Å²) in [5.41, 5.74) is 1.48. The minimum Gasteiger partial charge on any atom is -0.374 e. The summed E-state index contributed by atoms with van der Waals surface area (Å²) in [5.74, 6) is 0.469. The maximum Gasteiger partial charge on any atom is 0.160 e. The molecule has 1 heterocycles. The second kappa shape index (κ2) is 6.18. The third-order valence-electron chi connectivity index (χ3n) is 2.67. The van der Waals surface area contributed by atoms with Gasteiger partial charge in [0.1, 0.15) is 16.4 Å². The van der Waals surface area contributed by atoms with E-state index in [1.54, 1.807) is 7.11 Å². The minimum atomic E-state index is -0.258. The molecule has 1 unspecified atom stereocenters. The molecule has 0 radical (unpaired) electrons. The van der Waals surface area contributed by atoms with E-state index in [-0.39, 0.29) is 6.10 Å². The fourth-order valence-corrected chi connectivity index (χ4v) is 2.61. The Kier molecular flexibility index (Phi) is 4.79. The van der Waals surface area contributed by atoms with Crippen LogP contribution in [0, 0.1) is 0 Å². The van der Waals surface area contributed by atoms with Crippen molar-refractivity contribution in [3.63, 3.8) is 0 Å². The highest BCUT2D eigenvalue weighted by atomic mass is 79.9. The molecule has 1 aromatic heterocycles. The molecule has 0 N–H and O–H groups in total. The van der Waals surface area contributed by atoms with Crippen LogP contribution in [0.25, 0.3) is 11.1 Å². The van der Waals surface area contributed by atoms with Gasteiger partial charge in [-0.1, -0.05) is 51.3 Å². The topological polar surface area (TPSA) is 35.0 Å². The highest BCUT2D eigenvalue weighted by Gasteiger charge is 2.16. The van der Waals surface area contributed by atoms with Crippen LogP contribution in [0.3, 0.4) is 0 Å². The lowest BCUT2D eigenvalue weighted by atomic mass is 10.1. The van der Waals surface area contributed by atoms with Crippen molar-refractivity contribution >= 4 is 39.1 Å². The van der Waals surface area contributed by atoms with Gasteiger partial charge in [-0.05, 0) is 24.6 Å². The molecule has 3 nitrogen and oxygen atoms in total. The summed E-state index contributed by atoms with van der Waals surface area (Å²) in [6, 6.07) is 7.64. The molecule has 0 saturated carbocycles. The van der Waals surface area contributed by atoms with Gasteiger partial charge in [0.05, 0.1) is 5.56 Å². The second-order valence-electron chi connectivity index (χ2n) is 3.93. The van der Waals surface area contributed by atoms with E-state index in [1.807, 2.05) is 31.2 Å². The van der Waals surface area contributed by atoms with Crippen molar-refractivity contribution in [3.05, 3.63) is 44.9 Å². The summed E-state index contributed by atoms with van der Waals surface area (Å²) in [4.78, 5) is 8.48. The Labute approximate surface area is 130 Å². The number of methoxy groups -OCH3 is 1. The Hall–Kier alpha value is -0.680. The van der Waals surface area contributed by atoms with Crippen molar-refractivity contribution in [2.75, 3.05) is 7.11 Å². The van der Waals surface area contributed by atoms with Crippen LogP contribution < -0.4 is 0 Å². The molecule has 100 valence electrons. The van der Waals surface area contributed by atoms with Gasteiger partial charge >= 0.3 is 0 Å². The first-order valence-electron chi connectivity index (χ1n) is 5.54. The molecular weight excluding hydrogens is 351 g/mol. The third-order valence-corrected chi connectivity index (χ3v) is 3.71. The lowest BCUT2D eigenvalue weighted by Crippen LogP contribution is -2.04. The van der Waals surface area contributed by atoms with Gasteiger partial charge in [0, 0.05) is 11.6 Å². The van der Waals surface area contributed by atoms with Gasteiger partial charge in [-0.25, -0.2) is 9.97 Å². The van der Waals surface area contributed by atoms with Gasteiger partial charge in [-0.2, -0.15) is 0 Å². The molecule has 0 amide bonds. The normalized spacial score (nSPS) is 12.5. The summed E-state index contributed by atoms with van der Waals surface area (Å²) >= 11 is 15.8. The van der Waals surface area contributed by atoms with Crippen molar-refractivity contribution in [3.8, 4) is 11.1 Å². The third kappa shape index (κ3) is 3.26. The zero-order valence-corrected chi connectivity index (χ0v) is 13.4. The Morgan fingerprint density at radius 2 is 1.84 bits per heavy atom. The van der Waals surface area contributed by atoms with Gasteiger partial charge in [0.15, 0.2) is 5.82 Å². The number of hydrogen-bond acceptors (Lipinski definition) is 3. The SMILES string of the molecule is COC(C)c1nc(Cl)c(-c2cccc(Br)c2)c(Cl)n1. The molecule has 0 fully saturated rings. The average Bonchev–Trinajstić information content (AvgIpc) is 2.37. The van der Waals surface area contributed by atoms with E-state index >= 15 is 0 Å². The van der Waals surface area contributed by atoms with Crippen LogP contribution in [0.1, 0.15) is 18.9 Å². The predicted molar refractivity (Wildman–Crippen MR) is 80.6 cm³/mol. The monoisotopic (exact) mass is 360 g/mol. The van der Waals surface area contributed by atoms with Gasteiger partial charge in [0.2, 0.25) is 0 Å². The molecule has 0 aliphatic heterocycles. The molecule has 0 aliphatic carbocycles. The molecule has 1 atom stereocenters. The Morgan fingerprint density at radius 1 is 1.21 bits per heavy atom. The highest BCUT2D eigenvalue weighted by Crippen LogP contribution is 2.34. The van der Waals surface area contributed by atoms with E-state index < -0.39 is 0 Å². The zero-order valence-electron chi connectivity index (χ0n) is 10.3. The first-order chi connectivity index (χ1) is 9.02. The Balaban J connectivity index is 2.54. The Bertz CT molecular complexity index is 584. The van der Waals surface area contributed by atoms with Gasteiger partial charge in [0.25, 0.3) is 0 Å². The van der Waals surface area contributed by atoms with Crippen LogP contribution in [-0.4, -0.2) is 17.1 Å². The van der Waals surface area contributed by atoms with Crippen molar-refractivity contribution in [2.24, 2.45) is 0 Å². The average molecular weight is 362 g/mol. The number of halogens is 3. The van der Waals surface area contributed by atoms with E-state index in [1.165, 1.54) is 0 Å². The maximum atomic E-state index is 6.22. The van der Waals surface area contributed by atoms with Crippen molar-refractivity contribution in [1.82, 2.24) is 9.97 Å². The summed E-state index contributed by atoms with van der Waals surface area (Å²) in [5, 5.41) is 0.633. The number of benzene rings is 1. The van der Waals surface area contributed by atoms with E-state index in [0.29, 0.717) is 21.7 Å².